The first-order chi connectivity index (χ1) is 8.26. The van der Waals surface area contributed by atoms with Crippen molar-refractivity contribution in [2.75, 3.05) is 19.3 Å². The van der Waals surface area contributed by atoms with Crippen molar-refractivity contribution in [1.82, 2.24) is 10.6 Å². The zero-order chi connectivity index (χ0) is 12.5. The number of hydrogen-bond acceptors (Lipinski definition) is 4. The van der Waals surface area contributed by atoms with Gasteiger partial charge in [0, 0.05) is 17.8 Å². The smallest absolute Gasteiger partial charge is 0.233 e. The van der Waals surface area contributed by atoms with Crippen LogP contribution in [0.5, 0.6) is 0 Å². The Kier molecular flexibility index (Phi) is 7.06. The largest absolute Gasteiger partial charge is 0.354 e. The molecule has 1 rings (SSSR count). The Balaban J connectivity index is 2.12. The Hall–Kier alpha value is -0.730. The van der Waals surface area contributed by atoms with Gasteiger partial charge in [0.1, 0.15) is 0 Å². The molecule has 1 aliphatic carbocycles. The van der Waals surface area contributed by atoms with Gasteiger partial charge in [-0.25, -0.2) is 0 Å². The summed E-state index contributed by atoms with van der Waals surface area (Å²) in [5, 5.41) is 15.1. The van der Waals surface area contributed by atoms with Gasteiger partial charge in [-0.15, -0.1) is 0 Å². The van der Waals surface area contributed by atoms with E-state index in [4.69, 9.17) is 5.26 Å². The molecule has 0 aromatic rings. The van der Waals surface area contributed by atoms with Gasteiger partial charge in [-0.3, -0.25) is 4.79 Å². The highest BCUT2D eigenvalue weighted by molar-refractivity contribution is 7.99. The van der Waals surface area contributed by atoms with Crippen LogP contribution in [0.3, 0.4) is 0 Å². The second kappa shape index (κ2) is 8.37. The molecule has 4 nitrogen and oxygen atoms in total. The highest BCUT2D eigenvalue weighted by Crippen LogP contribution is 2.26. The lowest BCUT2D eigenvalue weighted by Gasteiger charge is -2.28. The van der Waals surface area contributed by atoms with Gasteiger partial charge in [-0.05, 0) is 25.5 Å². The second-order valence-corrected chi connectivity index (χ2v) is 5.50. The molecule has 2 atom stereocenters. The number of amides is 1. The highest BCUT2D eigenvalue weighted by atomic mass is 32.2. The number of nitrogens with zero attached hydrogens (tertiary/aromatic N) is 1. The Morgan fingerprint density at radius 1 is 1.53 bits per heavy atom. The van der Waals surface area contributed by atoms with Crippen molar-refractivity contribution < 1.29 is 4.79 Å². The maximum atomic E-state index is 11.4. The Bertz CT molecular complexity index is 277. The van der Waals surface area contributed by atoms with Gasteiger partial charge < -0.3 is 10.6 Å². The van der Waals surface area contributed by atoms with E-state index in [1.807, 2.05) is 17.8 Å². The van der Waals surface area contributed by atoms with Gasteiger partial charge in [0.05, 0.1) is 19.0 Å². The zero-order valence-corrected chi connectivity index (χ0v) is 11.2. The van der Waals surface area contributed by atoms with Crippen molar-refractivity contribution in [2.24, 2.45) is 0 Å². The molecule has 0 heterocycles. The molecule has 0 bridgehead atoms. The number of carbonyl (C=O) groups is 1. The lowest BCUT2D eigenvalue weighted by molar-refractivity contribution is -0.120. The van der Waals surface area contributed by atoms with Gasteiger partial charge in [-0.1, -0.05) is 6.42 Å². The van der Waals surface area contributed by atoms with Crippen LogP contribution in [0.15, 0.2) is 0 Å². The van der Waals surface area contributed by atoms with Crippen molar-refractivity contribution in [3.8, 4) is 6.07 Å². The molecule has 96 valence electrons. The summed E-state index contributed by atoms with van der Waals surface area (Å²) in [4.78, 5) is 11.4. The van der Waals surface area contributed by atoms with Crippen LogP contribution in [0, 0.1) is 11.3 Å². The third-order valence-electron chi connectivity index (χ3n) is 3.07. The van der Waals surface area contributed by atoms with E-state index >= 15 is 0 Å². The number of hydrogen-bond donors (Lipinski definition) is 2. The fraction of sp³-hybridized carbons (Fsp3) is 0.833. The molecule has 0 saturated heterocycles. The first-order valence-corrected chi connectivity index (χ1v) is 7.45. The fourth-order valence-corrected chi connectivity index (χ4v) is 2.93. The van der Waals surface area contributed by atoms with Crippen molar-refractivity contribution in [3.05, 3.63) is 0 Å². The Morgan fingerprint density at radius 2 is 2.35 bits per heavy atom. The zero-order valence-electron chi connectivity index (χ0n) is 10.4. The maximum Gasteiger partial charge on any atom is 0.233 e. The van der Waals surface area contributed by atoms with Gasteiger partial charge in [0.25, 0.3) is 0 Å². The molecular weight excluding hydrogens is 234 g/mol. The molecule has 0 spiro atoms. The van der Waals surface area contributed by atoms with Crippen molar-refractivity contribution >= 4 is 17.7 Å². The van der Waals surface area contributed by atoms with Crippen LogP contribution >= 0.6 is 11.8 Å². The van der Waals surface area contributed by atoms with E-state index in [0.29, 0.717) is 25.6 Å². The van der Waals surface area contributed by atoms with Gasteiger partial charge >= 0.3 is 0 Å². The van der Waals surface area contributed by atoms with Crippen molar-refractivity contribution in [3.63, 3.8) is 0 Å². The van der Waals surface area contributed by atoms with Gasteiger partial charge in [0.2, 0.25) is 5.91 Å². The summed E-state index contributed by atoms with van der Waals surface area (Å²) in [6.45, 7) is 0.826. The summed E-state index contributed by atoms with van der Waals surface area (Å²) in [5.74, 6) is -0.00785. The molecule has 1 amide bonds. The van der Waals surface area contributed by atoms with Crippen LogP contribution in [0.25, 0.3) is 0 Å². The third-order valence-corrected chi connectivity index (χ3v) is 4.16. The average molecular weight is 255 g/mol. The lowest BCUT2D eigenvalue weighted by atomic mass is 9.95. The van der Waals surface area contributed by atoms with E-state index in [-0.39, 0.29) is 5.91 Å². The van der Waals surface area contributed by atoms with E-state index in [1.54, 1.807) is 0 Å². The maximum absolute atomic E-state index is 11.4. The Labute approximate surface area is 108 Å². The van der Waals surface area contributed by atoms with Gasteiger partial charge in [0.15, 0.2) is 0 Å². The number of nitriles is 1. The van der Waals surface area contributed by atoms with Crippen LogP contribution in [0.4, 0.5) is 0 Å². The topological polar surface area (TPSA) is 64.9 Å². The quantitative estimate of drug-likeness (QED) is 0.702. The van der Waals surface area contributed by atoms with E-state index in [2.05, 4.69) is 16.9 Å². The predicted octanol–water partition coefficient (Wildman–Crippen LogP) is 1.28. The van der Waals surface area contributed by atoms with Crippen LogP contribution in [-0.2, 0) is 4.79 Å². The number of carbonyl (C=O) groups excluding carboxylic acids is 1. The SMILES string of the molecule is CSC1CCCC(NCC(=O)NCCC#N)C1. The van der Waals surface area contributed by atoms with E-state index in [9.17, 15) is 4.79 Å². The van der Waals surface area contributed by atoms with Crippen LogP contribution < -0.4 is 10.6 Å². The summed E-state index contributed by atoms with van der Waals surface area (Å²) in [6.07, 6.45) is 7.41. The molecule has 0 aromatic heterocycles. The average Bonchev–Trinajstić information content (AvgIpc) is 2.37. The minimum atomic E-state index is -0.00785. The summed E-state index contributed by atoms with van der Waals surface area (Å²) in [5.41, 5.74) is 0. The first kappa shape index (κ1) is 14.3. The third kappa shape index (κ3) is 5.94. The summed E-state index contributed by atoms with van der Waals surface area (Å²) in [6, 6.07) is 2.48. The standard InChI is InChI=1S/C12H21N3OS/c1-17-11-5-2-4-10(8-11)15-9-12(16)14-7-3-6-13/h10-11,15H,2-5,7-9H2,1H3,(H,14,16). The van der Waals surface area contributed by atoms with Crippen LogP contribution in [-0.4, -0.2) is 36.5 Å². The molecule has 1 aliphatic rings. The van der Waals surface area contributed by atoms with Crippen LogP contribution in [0.1, 0.15) is 32.1 Å². The highest BCUT2D eigenvalue weighted by Gasteiger charge is 2.21. The molecule has 0 radical (unpaired) electrons. The van der Waals surface area contributed by atoms with Gasteiger partial charge in [-0.2, -0.15) is 17.0 Å². The van der Waals surface area contributed by atoms with E-state index < -0.39 is 0 Å². The molecule has 2 unspecified atom stereocenters. The van der Waals surface area contributed by atoms with Crippen molar-refractivity contribution in [1.29, 1.82) is 5.26 Å². The minimum absolute atomic E-state index is 0.00785. The summed E-state index contributed by atoms with van der Waals surface area (Å²) >= 11 is 1.92. The van der Waals surface area contributed by atoms with Crippen LogP contribution in [0.2, 0.25) is 0 Å². The van der Waals surface area contributed by atoms with E-state index in [0.717, 1.165) is 11.7 Å². The number of thioether (sulfide) groups is 1. The molecule has 1 fully saturated rings. The summed E-state index contributed by atoms with van der Waals surface area (Å²) in [7, 11) is 0. The molecule has 0 aromatic carbocycles. The van der Waals surface area contributed by atoms with E-state index in [1.165, 1.54) is 19.3 Å². The lowest BCUT2D eigenvalue weighted by Crippen LogP contribution is -2.41. The fourth-order valence-electron chi connectivity index (χ4n) is 2.10. The monoisotopic (exact) mass is 255 g/mol. The normalized spacial score (nSPS) is 24.0. The number of rotatable bonds is 6. The molecule has 0 aliphatic heterocycles. The van der Waals surface area contributed by atoms with Crippen molar-refractivity contribution in [2.45, 2.75) is 43.4 Å². The second-order valence-electron chi connectivity index (χ2n) is 4.36. The predicted molar refractivity (Wildman–Crippen MR) is 70.8 cm³/mol. The summed E-state index contributed by atoms with van der Waals surface area (Å²) < 4.78 is 0. The molecule has 5 heteroatoms. The first-order valence-electron chi connectivity index (χ1n) is 6.16. The minimum Gasteiger partial charge on any atom is -0.354 e. The number of nitrogens with one attached hydrogen (secondary N) is 2. The molecular formula is C12H21N3OS. The molecule has 17 heavy (non-hydrogen) atoms. The molecule has 1 saturated carbocycles. The Morgan fingerprint density at radius 3 is 3.06 bits per heavy atom. The molecule has 2 N–H and O–H groups in total.